The summed E-state index contributed by atoms with van der Waals surface area (Å²) < 4.78 is 46.3. The molecule has 0 atom stereocenters. The zero-order valence-corrected chi connectivity index (χ0v) is 17.6. The van der Waals surface area contributed by atoms with Crippen molar-refractivity contribution in [1.29, 1.82) is 0 Å². The summed E-state index contributed by atoms with van der Waals surface area (Å²) in [5.41, 5.74) is 1.28. The van der Waals surface area contributed by atoms with Crippen molar-refractivity contribution in [2.45, 2.75) is 31.1 Å². The van der Waals surface area contributed by atoms with Gasteiger partial charge in [-0.2, -0.15) is 4.31 Å². The SMILES string of the molecule is Cc1ccc(C(C)(C)C(=O)Nc2ccc(F)c(S(=O)(=O)N3CCOCC3)c2)cc1. The van der Waals surface area contributed by atoms with Gasteiger partial charge in [-0.15, -0.1) is 0 Å². The minimum atomic E-state index is -4.02. The largest absolute Gasteiger partial charge is 0.379 e. The van der Waals surface area contributed by atoms with E-state index in [1.54, 1.807) is 13.8 Å². The lowest BCUT2D eigenvalue weighted by Crippen LogP contribution is -2.41. The van der Waals surface area contributed by atoms with E-state index >= 15 is 0 Å². The molecule has 0 radical (unpaired) electrons. The molecule has 1 N–H and O–H groups in total. The van der Waals surface area contributed by atoms with Crippen molar-refractivity contribution < 1.29 is 22.3 Å². The molecule has 3 rings (SSSR count). The molecule has 2 aromatic rings. The molecule has 1 heterocycles. The van der Waals surface area contributed by atoms with Gasteiger partial charge in [-0.1, -0.05) is 29.8 Å². The first-order valence-corrected chi connectivity index (χ1v) is 10.8. The molecule has 0 unspecified atom stereocenters. The normalized spacial score (nSPS) is 15.9. The first-order valence-electron chi connectivity index (χ1n) is 9.38. The molecule has 1 amide bonds. The van der Waals surface area contributed by atoms with Crippen molar-refractivity contribution in [2.24, 2.45) is 0 Å². The predicted molar refractivity (Wildman–Crippen MR) is 109 cm³/mol. The maximum atomic E-state index is 14.3. The van der Waals surface area contributed by atoms with Crippen LogP contribution in [0.15, 0.2) is 47.4 Å². The summed E-state index contributed by atoms with van der Waals surface area (Å²) in [4.78, 5) is 12.4. The second-order valence-corrected chi connectivity index (χ2v) is 9.51. The molecule has 1 aliphatic rings. The van der Waals surface area contributed by atoms with Crippen LogP contribution >= 0.6 is 0 Å². The quantitative estimate of drug-likeness (QED) is 0.807. The third kappa shape index (κ3) is 4.49. The van der Waals surface area contributed by atoms with Crippen LogP contribution in [0.5, 0.6) is 0 Å². The number of anilines is 1. The Balaban J connectivity index is 1.86. The van der Waals surface area contributed by atoms with Gasteiger partial charge in [-0.3, -0.25) is 4.79 Å². The molecule has 1 aliphatic heterocycles. The second kappa shape index (κ2) is 8.22. The number of carbonyl (C=O) groups is 1. The van der Waals surface area contributed by atoms with Crippen molar-refractivity contribution in [3.05, 3.63) is 59.4 Å². The van der Waals surface area contributed by atoms with Crippen molar-refractivity contribution in [3.8, 4) is 0 Å². The van der Waals surface area contributed by atoms with Gasteiger partial charge in [0.05, 0.1) is 18.6 Å². The number of nitrogens with zero attached hydrogens (tertiary/aromatic N) is 1. The summed E-state index contributed by atoms with van der Waals surface area (Å²) in [5, 5.41) is 2.72. The number of benzene rings is 2. The van der Waals surface area contributed by atoms with Gasteiger partial charge in [0, 0.05) is 18.8 Å². The van der Waals surface area contributed by atoms with E-state index < -0.39 is 26.2 Å². The third-order valence-electron chi connectivity index (χ3n) is 5.12. The average molecular weight is 421 g/mol. The summed E-state index contributed by atoms with van der Waals surface area (Å²) in [6, 6.07) is 11.2. The molecular formula is C21H25FN2O4S. The highest BCUT2D eigenvalue weighted by Crippen LogP contribution is 2.28. The van der Waals surface area contributed by atoms with Crippen LogP contribution in [0.2, 0.25) is 0 Å². The standard InChI is InChI=1S/C21H25FN2O4S/c1-15-4-6-16(7-5-15)21(2,3)20(25)23-17-8-9-18(22)19(14-17)29(26,27)24-10-12-28-13-11-24/h4-9,14H,10-13H2,1-3H3,(H,23,25). The summed E-state index contributed by atoms with van der Waals surface area (Å²) in [5.74, 6) is -1.17. The zero-order chi connectivity index (χ0) is 21.2. The first-order chi connectivity index (χ1) is 13.6. The lowest BCUT2D eigenvalue weighted by Gasteiger charge is -2.27. The van der Waals surface area contributed by atoms with Crippen LogP contribution in [-0.2, 0) is 25.0 Å². The molecule has 29 heavy (non-hydrogen) atoms. The van der Waals surface area contributed by atoms with Crippen molar-refractivity contribution in [1.82, 2.24) is 4.31 Å². The highest BCUT2D eigenvalue weighted by molar-refractivity contribution is 7.89. The highest BCUT2D eigenvalue weighted by Gasteiger charge is 2.32. The second-order valence-electron chi connectivity index (χ2n) is 7.61. The van der Waals surface area contributed by atoms with Gasteiger partial charge in [-0.05, 0) is 44.5 Å². The summed E-state index contributed by atoms with van der Waals surface area (Å²) >= 11 is 0. The molecule has 0 spiro atoms. The molecule has 8 heteroatoms. The fourth-order valence-corrected chi connectivity index (χ4v) is 4.59. The van der Waals surface area contributed by atoms with E-state index in [0.717, 1.165) is 17.2 Å². The maximum absolute atomic E-state index is 14.3. The molecule has 6 nitrogen and oxygen atoms in total. The zero-order valence-electron chi connectivity index (χ0n) is 16.7. The number of rotatable bonds is 5. The van der Waals surface area contributed by atoms with Gasteiger partial charge in [0.25, 0.3) is 0 Å². The molecule has 1 fully saturated rings. The fraction of sp³-hybridized carbons (Fsp3) is 0.381. The van der Waals surface area contributed by atoms with Crippen molar-refractivity contribution in [3.63, 3.8) is 0 Å². The lowest BCUT2D eigenvalue weighted by molar-refractivity contribution is -0.120. The number of ether oxygens (including phenoxy) is 1. The van der Waals surface area contributed by atoms with Crippen LogP contribution in [0.3, 0.4) is 0 Å². The van der Waals surface area contributed by atoms with Crippen LogP contribution < -0.4 is 5.32 Å². The Morgan fingerprint density at radius 2 is 1.72 bits per heavy atom. The van der Waals surface area contributed by atoms with Crippen molar-refractivity contribution >= 4 is 21.6 Å². The number of morpholine rings is 1. The van der Waals surface area contributed by atoms with Crippen molar-refractivity contribution in [2.75, 3.05) is 31.6 Å². The topological polar surface area (TPSA) is 75.7 Å². The maximum Gasteiger partial charge on any atom is 0.246 e. The average Bonchev–Trinajstić information content (AvgIpc) is 2.70. The summed E-state index contributed by atoms with van der Waals surface area (Å²) in [6.45, 7) is 6.39. The van der Waals surface area contributed by atoms with Gasteiger partial charge >= 0.3 is 0 Å². The van der Waals surface area contributed by atoms with E-state index in [1.807, 2.05) is 31.2 Å². The molecule has 1 saturated heterocycles. The molecule has 2 aromatic carbocycles. The molecule has 156 valence electrons. The Labute approximate surface area is 170 Å². The fourth-order valence-electron chi connectivity index (χ4n) is 3.09. The molecule has 0 bridgehead atoms. The molecular weight excluding hydrogens is 395 g/mol. The third-order valence-corrected chi connectivity index (χ3v) is 7.03. The number of aryl methyl sites for hydroxylation is 1. The Hall–Kier alpha value is -2.29. The Bertz CT molecular complexity index is 998. The summed E-state index contributed by atoms with van der Waals surface area (Å²) in [6.07, 6.45) is 0. The van der Waals surface area contributed by atoms with Crippen LogP contribution in [0, 0.1) is 12.7 Å². The number of carbonyl (C=O) groups excluding carboxylic acids is 1. The minimum absolute atomic E-state index is 0.165. The number of hydrogen-bond acceptors (Lipinski definition) is 4. The molecule has 0 saturated carbocycles. The van der Waals surface area contributed by atoms with Gasteiger partial charge in [0.15, 0.2) is 0 Å². The van der Waals surface area contributed by atoms with E-state index in [1.165, 1.54) is 16.4 Å². The first kappa shape index (κ1) is 21.4. The smallest absolute Gasteiger partial charge is 0.246 e. The number of sulfonamides is 1. The van der Waals surface area contributed by atoms with E-state index in [9.17, 15) is 17.6 Å². The van der Waals surface area contributed by atoms with E-state index in [-0.39, 0.29) is 37.9 Å². The van der Waals surface area contributed by atoms with E-state index in [0.29, 0.717) is 0 Å². The number of hydrogen-bond donors (Lipinski definition) is 1. The lowest BCUT2D eigenvalue weighted by atomic mass is 9.83. The van der Waals surface area contributed by atoms with E-state index in [4.69, 9.17) is 4.74 Å². The highest BCUT2D eigenvalue weighted by atomic mass is 32.2. The van der Waals surface area contributed by atoms with Crippen LogP contribution in [0.25, 0.3) is 0 Å². The van der Waals surface area contributed by atoms with Gasteiger partial charge in [0.1, 0.15) is 10.7 Å². The Kier molecular flexibility index (Phi) is 6.07. The van der Waals surface area contributed by atoms with Gasteiger partial charge in [0.2, 0.25) is 15.9 Å². The molecule has 0 aromatic heterocycles. The Morgan fingerprint density at radius 1 is 1.10 bits per heavy atom. The molecule has 0 aliphatic carbocycles. The van der Waals surface area contributed by atoms with Gasteiger partial charge < -0.3 is 10.1 Å². The summed E-state index contributed by atoms with van der Waals surface area (Å²) in [7, 11) is -4.02. The number of halogens is 1. The monoisotopic (exact) mass is 420 g/mol. The van der Waals surface area contributed by atoms with Crippen LogP contribution in [-0.4, -0.2) is 44.9 Å². The Morgan fingerprint density at radius 3 is 2.34 bits per heavy atom. The number of nitrogens with one attached hydrogen (secondary N) is 1. The predicted octanol–water partition coefficient (Wildman–Crippen LogP) is 3.07. The van der Waals surface area contributed by atoms with E-state index in [2.05, 4.69) is 5.32 Å². The van der Waals surface area contributed by atoms with Crippen LogP contribution in [0.1, 0.15) is 25.0 Å². The van der Waals surface area contributed by atoms with Gasteiger partial charge in [-0.25, -0.2) is 12.8 Å². The number of amides is 1. The minimum Gasteiger partial charge on any atom is -0.379 e. The van der Waals surface area contributed by atoms with Crippen LogP contribution in [0.4, 0.5) is 10.1 Å².